The van der Waals surface area contributed by atoms with Crippen LogP contribution in [-0.4, -0.2) is 48.1 Å². The topological polar surface area (TPSA) is 52.7 Å². The molecule has 0 bridgehead atoms. The fourth-order valence-corrected chi connectivity index (χ4v) is 5.90. The van der Waals surface area contributed by atoms with Crippen LogP contribution in [0, 0.1) is 5.82 Å². The van der Waals surface area contributed by atoms with Crippen LogP contribution in [-0.2, 0) is 11.3 Å². The van der Waals surface area contributed by atoms with Crippen molar-refractivity contribution in [2.75, 3.05) is 30.3 Å². The van der Waals surface area contributed by atoms with Gasteiger partial charge in [-0.2, -0.15) is 0 Å². The third-order valence-corrected chi connectivity index (χ3v) is 8.07. The maximum absolute atomic E-state index is 14.4. The maximum atomic E-state index is 14.4. The summed E-state index contributed by atoms with van der Waals surface area (Å²) in [4.78, 5) is 30.5. The first-order chi connectivity index (χ1) is 16.5. The molecule has 0 unspecified atom stereocenters. The number of fused-ring (bicyclic) bond motifs is 1. The number of nitrogens with one attached hydrogen (secondary N) is 1. The standard InChI is InChI=1S/C26H31ClFN3O2S/c1-2-19-7-3-4-13-30(19)14-6-12-29-26(33)18-10-11-24-23(15-18)31(25(32)17-34-24)16-20-21(27)8-5-9-22(20)28/h5,8-11,15,19H,2-4,6-7,12-14,16-17H2,1H3,(H,29,33)/t19-/m1/s1. The van der Waals surface area contributed by atoms with Crippen LogP contribution in [0.2, 0.25) is 5.02 Å². The van der Waals surface area contributed by atoms with Crippen molar-refractivity contribution < 1.29 is 14.0 Å². The van der Waals surface area contributed by atoms with Crippen LogP contribution >= 0.6 is 23.4 Å². The summed E-state index contributed by atoms with van der Waals surface area (Å²) < 4.78 is 14.4. The molecule has 4 rings (SSSR count). The van der Waals surface area contributed by atoms with E-state index >= 15 is 0 Å². The smallest absolute Gasteiger partial charge is 0.251 e. The summed E-state index contributed by atoms with van der Waals surface area (Å²) in [6.45, 7) is 5.01. The van der Waals surface area contributed by atoms with Gasteiger partial charge in [0, 0.05) is 40.2 Å². The molecule has 0 aliphatic carbocycles. The average Bonchev–Trinajstić information content (AvgIpc) is 2.85. The van der Waals surface area contributed by atoms with E-state index in [2.05, 4.69) is 17.1 Å². The molecular formula is C26H31ClFN3O2S. The zero-order chi connectivity index (χ0) is 24.1. The lowest BCUT2D eigenvalue weighted by Gasteiger charge is -2.35. The predicted molar refractivity (Wildman–Crippen MR) is 136 cm³/mol. The van der Waals surface area contributed by atoms with Gasteiger partial charge in [0.2, 0.25) is 5.91 Å². The van der Waals surface area contributed by atoms with Gasteiger partial charge < -0.3 is 15.1 Å². The number of halogens is 2. The predicted octanol–water partition coefficient (Wildman–Crippen LogP) is 5.50. The molecule has 8 heteroatoms. The van der Waals surface area contributed by atoms with Crippen LogP contribution < -0.4 is 10.2 Å². The normalized spacial score (nSPS) is 18.6. The quantitative estimate of drug-likeness (QED) is 0.483. The molecule has 0 radical (unpaired) electrons. The summed E-state index contributed by atoms with van der Waals surface area (Å²) in [7, 11) is 0. The number of nitrogens with zero attached hydrogens (tertiary/aromatic N) is 2. The number of likely N-dealkylation sites (tertiary alicyclic amines) is 1. The molecule has 2 amide bonds. The van der Waals surface area contributed by atoms with Gasteiger partial charge >= 0.3 is 0 Å². The highest BCUT2D eigenvalue weighted by atomic mass is 35.5. The lowest BCUT2D eigenvalue weighted by atomic mass is 10.00. The second-order valence-electron chi connectivity index (χ2n) is 8.85. The van der Waals surface area contributed by atoms with E-state index in [1.165, 1.54) is 48.4 Å². The molecular weight excluding hydrogens is 473 g/mol. The van der Waals surface area contributed by atoms with Crippen LogP contribution in [0.15, 0.2) is 41.3 Å². The van der Waals surface area contributed by atoms with E-state index in [1.54, 1.807) is 24.3 Å². The fourth-order valence-electron chi connectivity index (χ4n) is 4.76. The number of thioether (sulfide) groups is 1. The van der Waals surface area contributed by atoms with E-state index in [9.17, 15) is 14.0 Å². The number of piperidine rings is 1. The minimum Gasteiger partial charge on any atom is -0.352 e. The minimum absolute atomic E-state index is 0.0252. The summed E-state index contributed by atoms with van der Waals surface area (Å²) in [5, 5.41) is 3.29. The molecule has 0 spiro atoms. The molecule has 34 heavy (non-hydrogen) atoms. The van der Waals surface area contributed by atoms with Crippen molar-refractivity contribution >= 4 is 40.9 Å². The number of amides is 2. The fraction of sp³-hybridized carbons (Fsp3) is 0.462. The summed E-state index contributed by atoms with van der Waals surface area (Å²) >= 11 is 7.62. The summed E-state index contributed by atoms with van der Waals surface area (Å²) in [5.41, 5.74) is 1.38. The number of benzene rings is 2. The highest BCUT2D eigenvalue weighted by molar-refractivity contribution is 8.00. The minimum atomic E-state index is -0.451. The van der Waals surface area contributed by atoms with Gasteiger partial charge in [-0.3, -0.25) is 9.59 Å². The van der Waals surface area contributed by atoms with E-state index in [1.807, 2.05) is 6.07 Å². The first-order valence-electron chi connectivity index (χ1n) is 12.0. The number of hydrogen-bond acceptors (Lipinski definition) is 4. The van der Waals surface area contributed by atoms with Crippen molar-refractivity contribution in [2.24, 2.45) is 0 Å². The van der Waals surface area contributed by atoms with E-state index in [0.717, 1.165) is 24.4 Å². The lowest BCUT2D eigenvalue weighted by Crippen LogP contribution is -2.40. The number of carbonyl (C=O) groups is 2. The third kappa shape index (κ3) is 5.75. The zero-order valence-electron chi connectivity index (χ0n) is 19.5. The molecule has 2 aliphatic heterocycles. The third-order valence-electron chi connectivity index (χ3n) is 6.67. The van der Waals surface area contributed by atoms with Crippen molar-refractivity contribution in [2.45, 2.75) is 56.5 Å². The van der Waals surface area contributed by atoms with Crippen molar-refractivity contribution in [3.8, 4) is 0 Å². The second-order valence-corrected chi connectivity index (χ2v) is 10.3. The van der Waals surface area contributed by atoms with Gasteiger partial charge in [0.15, 0.2) is 0 Å². The number of anilines is 1. The Bertz CT molecular complexity index is 1030. The van der Waals surface area contributed by atoms with Crippen LogP contribution in [0.3, 0.4) is 0 Å². The molecule has 1 N–H and O–H groups in total. The van der Waals surface area contributed by atoms with Gasteiger partial charge in [-0.05, 0) is 62.6 Å². The maximum Gasteiger partial charge on any atom is 0.251 e. The van der Waals surface area contributed by atoms with E-state index in [-0.39, 0.29) is 34.7 Å². The SMILES string of the molecule is CC[C@@H]1CCCCN1CCCNC(=O)c1ccc2c(c1)N(Cc1c(F)cccc1Cl)C(=O)CS2. The van der Waals surface area contributed by atoms with Crippen molar-refractivity contribution in [1.82, 2.24) is 10.2 Å². The Morgan fingerprint density at radius 1 is 1.26 bits per heavy atom. The Kier molecular flexibility index (Phi) is 8.51. The number of carbonyl (C=O) groups excluding carboxylic acids is 2. The van der Waals surface area contributed by atoms with Gasteiger partial charge in [0.05, 0.1) is 18.0 Å². The molecule has 1 atom stereocenters. The first kappa shape index (κ1) is 25.0. The van der Waals surface area contributed by atoms with Crippen LogP contribution in [0.5, 0.6) is 0 Å². The number of rotatable bonds is 8. The van der Waals surface area contributed by atoms with Gasteiger partial charge in [-0.25, -0.2) is 4.39 Å². The van der Waals surface area contributed by atoms with Gasteiger partial charge in [-0.15, -0.1) is 11.8 Å². The molecule has 2 aromatic carbocycles. The van der Waals surface area contributed by atoms with Crippen molar-refractivity contribution in [1.29, 1.82) is 0 Å². The Morgan fingerprint density at radius 2 is 2.12 bits per heavy atom. The molecule has 1 fully saturated rings. The van der Waals surface area contributed by atoms with Crippen LogP contribution in [0.1, 0.15) is 54.9 Å². The van der Waals surface area contributed by atoms with Gasteiger partial charge in [-0.1, -0.05) is 31.0 Å². The van der Waals surface area contributed by atoms with Crippen molar-refractivity contribution in [3.05, 3.63) is 58.4 Å². The molecule has 1 saturated heterocycles. The van der Waals surface area contributed by atoms with Gasteiger partial charge in [0.25, 0.3) is 5.91 Å². The van der Waals surface area contributed by atoms with Crippen LogP contribution in [0.25, 0.3) is 0 Å². The molecule has 0 saturated carbocycles. The van der Waals surface area contributed by atoms with E-state index in [4.69, 9.17) is 11.6 Å². The lowest BCUT2D eigenvalue weighted by molar-refractivity contribution is -0.116. The Hall–Kier alpha value is -2.09. The van der Waals surface area contributed by atoms with Crippen molar-refractivity contribution in [3.63, 3.8) is 0 Å². The molecule has 2 aliphatic rings. The number of hydrogen-bond donors (Lipinski definition) is 1. The summed E-state index contributed by atoms with van der Waals surface area (Å²) in [5.74, 6) is -0.491. The van der Waals surface area contributed by atoms with Crippen LogP contribution in [0.4, 0.5) is 10.1 Å². The molecule has 2 heterocycles. The first-order valence-corrected chi connectivity index (χ1v) is 13.4. The van der Waals surface area contributed by atoms with E-state index in [0.29, 0.717) is 23.8 Å². The Labute approximate surface area is 210 Å². The second kappa shape index (κ2) is 11.6. The molecule has 5 nitrogen and oxygen atoms in total. The average molecular weight is 504 g/mol. The Morgan fingerprint density at radius 3 is 2.91 bits per heavy atom. The molecule has 0 aromatic heterocycles. The summed E-state index contributed by atoms with van der Waals surface area (Å²) in [6, 6.07) is 10.5. The summed E-state index contributed by atoms with van der Waals surface area (Å²) in [6.07, 6.45) is 5.91. The van der Waals surface area contributed by atoms with Gasteiger partial charge in [0.1, 0.15) is 5.82 Å². The molecule has 2 aromatic rings. The monoisotopic (exact) mass is 503 g/mol. The van der Waals surface area contributed by atoms with E-state index < -0.39 is 5.82 Å². The Balaban J connectivity index is 1.41. The zero-order valence-corrected chi connectivity index (χ0v) is 21.1. The highest BCUT2D eigenvalue weighted by Crippen LogP contribution is 2.37. The molecule has 182 valence electrons. The largest absolute Gasteiger partial charge is 0.352 e. The highest BCUT2D eigenvalue weighted by Gasteiger charge is 2.27.